The van der Waals surface area contributed by atoms with E-state index in [1.807, 2.05) is 18.2 Å². The van der Waals surface area contributed by atoms with E-state index in [1.165, 1.54) is 24.8 Å². The van der Waals surface area contributed by atoms with Gasteiger partial charge in [0.2, 0.25) is 5.91 Å². The molecular formula is C19H30N2O2. The predicted octanol–water partition coefficient (Wildman–Crippen LogP) is 2.96. The van der Waals surface area contributed by atoms with E-state index in [9.17, 15) is 4.79 Å². The van der Waals surface area contributed by atoms with Crippen molar-refractivity contribution in [3.05, 3.63) is 35.9 Å². The van der Waals surface area contributed by atoms with Crippen LogP contribution in [-0.2, 0) is 16.1 Å². The first-order chi connectivity index (χ1) is 11.3. The van der Waals surface area contributed by atoms with Gasteiger partial charge < -0.3 is 15.4 Å². The molecule has 128 valence electrons. The molecule has 0 aromatic heterocycles. The maximum atomic E-state index is 11.1. The van der Waals surface area contributed by atoms with Crippen molar-refractivity contribution in [3.8, 4) is 0 Å². The molecular weight excluding hydrogens is 288 g/mol. The van der Waals surface area contributed by atoms with Gasteiger partial charge in [0.25, 0.3) is 0 Å². The number of unbranched alkanes of at least 4 members (excludes halogenated alkanes) is 3. The van der Waals surface area contributed by atoms with E-state index >= 15 is 0 Å². The van der Waals surface area contributed by atoms with Crippen molar-refractivity contribution in [1.82, 2.24) is 4.90 Å². The predicted molar refractivity (Wildman–Crippen MR) is 92.9 cm³/mol. The van der Waals surface area contributed by atoms with Gasteiger partial charge in [-0.25, -0.2) is 0 Å². The molecule has 2 N–H and O–H groups in total. The summed E-state index contributed by atoms with van der Waals surface area (Å²) in [5.74, 6) is -0.0202. The Labute approximate surface area is 140 Å². The Hall–Kier alpha value is -1.39. The van der Waals surface area contributed by atoms with Gasteiger partial charge in [-0.05, 0) is 50.9 Å². The Morgan fingerprint density at radius 1 is 1.09 bits per heavy atom. The van der Waals surface area contributed by atoms with Crippen molar-refractivity contribution < 1.29 is 9.53 Å². The first-order valence-electron chi connectivity index (χ1n) is 8.89. The largest absolute Gasteiger partial charge is 0.377 e. The van der Waals surface area contributed by atoms with E-state index in [4.69, 9.17) is 10.5 Å². The summed E-state index contributed by atoms with van der Waals surface area (Å²) in [5, 5.41) is 0. The summed E-state index contributed by atoms with van der Waals surface area (Å²) in [6, 6.07) is 10.3. The number of hydrogen-bond donors (Lipinski definition) is 1. The fraction of sp³-hybridized carbons (Fsp3) is 0.632. The summed E-state index contributed by atoms with van der Waals surface area (Å²) in [6.07, 6.45) is 6.72. The molecule has 0 atom stereocenters. The van der Waals surface area contributed by atoms with Gasteiger partial charge in [-0.2, -0.15) is 0 Å². The SMILES string of the molecule is NC(=O)C1CCN(CCCCCCOCc2ccccc2)CC1. The molecule has 1 aromatic rings. The van der Waals surface area contributed by atoms with Gasteiger partial charge in [0.1, 0.15) is 0 Å². The van der Waals surface area contributed by atoms with Gasteiger partial charge >= 0.3 is 0 Å². The average Bonchev–Trinajstić information content (AvgIpc) is 2.58. The van der Waals surface area contributed by atoms with Gasteiger partial charge in [0, 0.05) is 12.5 Å². The van der Waals surface area contributed by atoms with Gasteiger partial charge in [0.15, 0.2) is 0 Å². The number of carbonyl (C=O) groups excluding carboxylic acids is 1. The van der Waals surface area contributed by atoms with Crippen molar-refractivity contribution in [2.24, 2.45) is 11.7 Å². The first-order valence-corrected chi connectivity index (χ1v) is 8.89. The third-order valence-electron chi connectivity index (χ3n) is 4.61. The number of carbonyl (C=O) groups is 1. The molecule has 0 bridgehead atoms. The summed E-state index contributed by atoms with van der Waals surface area (Å²) >= 11 is 0. The van der Waals surface area contributed by atoms with E-state index in [1.54, 1.807) is 0 Å². The molecule has 0 aliphatic carbocycles. The summed E-state index contributed by atoms with van der Waals surface area (Å²) in [6.45, 7) is 4.76. The van der Waals surface area contributed by atoms with Crippen LogP contribution in [0.2, 0.25) is 0 Å². The van der Waals surface area contributed by atoms with Crippen LogP contribution in [0.25, 0.3) is 0 Å². The van der Waals surface area contributed by atoms with E-state index in [0.717, 1.165) is 52.1 Å². The molecule has 1 fully saturated rings. The molecule has 23 heavy (non-hydrogen) atoms. The molecule has 1 saturated heterocycles. The fourth-order valence-corrected chi connectivity index (χ4v) is 3.10. The van der Waals surface area contributed by atoms with Gasteiger partial charge in [0.05, 0.1) is 6.61 Å². The lowest BCUT2D eigenvalue weighted by Crippen LogP contribution is -2.38. The molecule has 2 rings (SSSR count). The minimum absolute atomic E-state index is 0.105. The van der Waals surface area contributed by atoms with Crippen LogP contribution in [0.1, 0.15) is 44.1 Å². The number of amides is 1. The van der Waals surface area contributed by atoms with Crippen molar-refractivity contribution >= 4 is 5.91 Å². The molecule has 1 aliphatic heterocycles. The summed E-state index contributed by atoms with van der Waals surface area (Å²) in [5.41, 5.74) is 6.60. The lowest BCUT2D eigenvalue weighted by atomic mass is 9.96. The molecule has 4 heteroatoms. The number of nitrogens with zero attached hydrogens (tertiary/aromatic N) is 1. The topological polar surface area (TPSA) is 55.6 Å². The highest BCUT2D eigenvalue weighted by Gasteiger charge is 2.22. The zero-order chi connectivity index (χ0) is 16.3. The first kappa shape index (κ1) is 18.0. The van der Waals surface area contributed by atoms with E-state index in [2.05, 4.69) is 17.0 Å². The van der Waals surface area contributed by atoms with Gasteiger partial charge in [-0.15, -0.1) is 0 Å². The minimum Gasteiger partial charge on any atom is -0.377 e. The number of rotatable bonds is 10. The molecule has 0 saturated carbocycles. The number of hydrogen-bond acceptors (Lipinski definition) is 3. The molecule has 1 aromatic carbocycles. The lowest BCUT2D eigenvalue weighted by molar-refractivity contribution is -0.123. The van der Waals surface area contributed by atoms with Crippen molar-refractivity contribution in [2.45, 2.75) is 45.1 Å². The minimum atomic E-state index is -0.125. The van der Waals surface area contributed by atoms with E-state index in [-0.39, 0.29) is 11.8 Å². The van der Waals surface area contributed by atoms with Crippen LogP contribution in [0.3, 0.4) is 0 Å². The number of nitrogens with two attached hydrogens (primary N) is 1. The second kappa shape index (κ2) is 10.4. The Morgan fingerprint density at radius 3 is 2.48 bits per heavy atom. The quantitative estimate of drug-likeness (QED) is 0.675. The maximum absolute atomic E-state index is 11.1. The zero-order valence-corrected chi connectivity index (χ0v) is 14.1. The highest BCUT2D eigenvalue weighted by atomic mass is 16.5. The Balaban J connectivity index is 1.41. The Morgan fingerprint density at radius 2 is 1.78 bits per heavy atom. The van der Waals surface area contributed by atoms with Crippen LogP contribution in [0.4, 0.5) is 0 Å². The number of piperidine rings is 1. The van der Waals surface area contributed by atoms with Crippen molar-refractivity contribution in [3.63, 3.8) is 0 Å². The van der Waals surface area contributed by atoms with Crippen LogP contribution in [0, 0.1) is 5.92 Å². The highest BCUT2D eigenvalue weighted by Crippen LogP contribution is 2.17. The smallest absolute Gasteiger partial charge is 0.220 e. The third-order valence-corrected chi connectivity index (χ3v) is 4.61. The number of benzene rings is 1. The molecule has 4 nitrogen and oxygen atoms in total. The summed E-state index contributed by atoms with van der Waals surface area (Å²) < 4.78 is 5.70. The Bertz CT molecular complexity index is 442. The van der Waals surface area contributed by atoms with Crippen LogP contribution < -0.4 is 5.73 Å². The van der Waals surface area contributed by atoms with Crippen LogP contribution in [-0.4, -0.2) is 37.0 Å². The fourth-order valence-electron chi connectivity index (χ4n) is 3.10. The van der Waals surface area contributed by atoms with Gasteiger partial charge in [-0.3, -0.25) is 4.79 Å². The van der Waals surface area contributed by atoms with Crippen LogP contribution in [0.5, 0.6) is 0 Å². The molecule has 1 heterocycles. The van der Waals surface area contributed by atoms with Gasteiger partial charge in [-0.1, -0.05) is 43.2 Å². The van der Waals surface area contributed by atoms with Crippen LogP contribution >= 0.6 is 0 Å². The maximum Gasteiger partial charge on any atom is 0.220 e. The second-order valence-corrected chi connectivity index (χ2v) is 6.47. The normalized spacial score (nSPS) is 16.5. The summed E-state index contributed by atoms with van der Waals surface area (Å²) in [4.78, 5) is 13.6. The molecule has 0 unspecified atom stereocenters. The number of likely N-dealkylation sites (tertiary alicyclic amines) is 1. The Kier molecular flexibility index (Phi) is 8.12. The van der Waals surface area contributed by atoms with Crippen molar-refractivity contribution in [2.75, 3.05) is 26.2 Å². The highest BCUT2D eigenvalue weighted by molar-refractivity contribution is 5.76. The lowest BCUT2D eigenvalue weighted by Gasteiger charge is -2.30. The molecule has 1 amide bonds. The molecule has 1 aliphatic rings. The second-order valence-electron chi connectivity index (χ2n) is 6.47. The molecule has 0 spiro atoms. The summed E-state index contributed by atoms with van der Waals surface area (Å²) in [7, 11) is 0. The average molecular weight is 318 g/mol. The zero-order valence-electron chi connectivity index (χ0n) is 14.1. The standard InChI is InChI=1S/C19H30N2O2/c20-19(22)18-10-13-21(14-11-18)12-6-1-2-7-15-23-16-17-8-4-3-5-9-17/h3-5,8-9,18H,1-2,6-7,10-16H2,(H2,20,22). The van der Waals surface area contributed by atoms with E-state index in [0.29, 0.717) is 0 Å². The van der Waals surface area contributed by atoms with E-state index < -0.39 is 0 Å². The monoisotopic (exact) mass is 318 g/mol. The number of primary amides is 1. The van der Waals surface area contributed by atoms with Crippen LogP contribution in [0.15, 0.2) is 30.3 Å². The third kappa shape index (κ3) is 7.14. The van der Waals surface area contributed by atoms with Crippen molar-refractivity contribution in [1.29, 1.82) is 0 Å². The molecule has 0 radical (unpaired) electrons. The number of ether oxygens (including phenoxy) is 1.